The van der Waals surface area contributed by atoms with E-state index >= 15 is 0 Å². The van der Waals surface area contributed by atoms with Gasteiger partial charge in [-0.2, -0.15) is 0 Å². The first-order chi connectivity index (χ1) is 12.7. The molecule has 0 spiro atoms. The number of fused-ring (bicyclic) bond motifs is 2. The largest absolute Gasteiger partial charge is 0.369 e. The fourth-order valence-electron chi connectivity index (χ4n) is 3.98. The maximum absolute atomic E-state index is 12.0. The van der Waals surface area contributed by atoms with Crippen molar-refractivity contribution in [2.75, 3.05) is 0 Å². The molecule has 0 saturated carbocycles. The van der Waals surface area contributed by atoms with Gasteiger partial charge < -0.3 is 14.2 Å². The van der Waals surface area contributed by atoms with Gasteiger partial charge in [-0.1, -0.05) is 60.7 Å². The van der Waals surface area contributed by atoms with Crippen LogP contribution in [0.4, 0.5) is 0 Å². The van der Waals surface area contributed by atoms with Gasteiger partial charge in [0, 0.05) is 5.92 Å². The third-order valence-electron chi connectivity index (χ3n) is 5.32. The second-order valence-corrected chi connectivity index (χ2v) is 7.11. The summed E-state index contributed by atoms with van der Waals surface area (Å²) in [5.41, 5.74) is 2.23. The molecule has 0 amide bonds. The Morgan fingerprint density at radius 3 is 2.00 bits per heavy atom. The Kier molecular flexibility index (Phi) is 5.16. The van der Waals surface area contributed by atoms with Crippen LogP contribution in [0.2, 0.25) is 0 Å². The van der Waals surface area contributed by atoms with Crippen molar-refractivity contribution < 1.29 is 19.0 Å². The average Bonchev–Trinajstić information content (AvgIpc) is 3.25. The van der Waals surface area contributed by atoms with Gasteiger partial charge in [-0.3, -0.25) is 4.79 Å². The van der Waals surface area contributed by atoms with E-state index in [4.69, 9.17) is 14.2 Å². The van der Waals surface area contributed by atoms with Gasteiger partial charge >= 0.3 is 0 Å². The zero-order valence-corrected chi connectivity index (χ0v) is 14.9. The molecule has 0 radical (unpaired) electrons. The van der Waals surface area contributed by atoms with E-state index in [0.29, 0.717) is 13.2 Å². The molecule has 0 unspecified atom stereocenters. The van der Waals surface area contributed by atoms with Crippen molar-refractivity contribution in [3.63, 3.8) is 0 Å². The van der Waals surface area contributed by atoms with E-state index < -0.39 is 0 Å². The van der Waals surface area contributed by atoms with Gasteiger partial charge in [0.2, 0.25) is 0 Å². The Morgan fingerprint density at radius 1 is 0.923 bits per heavy atom. The number of benzene rings is 2. The molecule has 0 N–H and O–H groups in total. The standard InChI is InChI=1S/C22H24O4/c1-15(23)18-12-19-21(24-13-16-8-4-2-5-9-16)22(20(18)26-19)25-14-17-10-6-3-7-11-17/h2-11,18-22H,12-14H2,1H3/t18-,19-,20+,21-,22+/m1/s1. The molecule has 2 aromatic carbocycles. The molecule has 2 saturated heterocycles. The van der Waals surface area contributed by atoms with Gasteiger partial charge in [0.05, 0.1) is 25.4 Å². The zero-order chi connectivity index (χ0) is 17.9. The van der Waals surface area contributed by atoms with Crippen molar-refractivity contribution in [3.8, 4) is 0 Å². The third kappa shape index (κ3) is 3.58. The molecule has 2 aromatic rings. The Morgan fingerprint density at radius 2 is 1.46 bits per heavy atom. The normalized spacial score (nSPS) is 29.8. The van der Waals surface area contributed by atoms with Crippen LogP contribution < -0.4 is 0 Å². The maximum atomic E-state index is 12.0. The molecule has 136 valence electrons. The molecule has 0 aliphatic carbocycles. The van der Waals surface area contributed by atoms with Crippen LogP contribution in [0.1, 0.15) is 24.5 Å². The molecule has 0 aromatic heterocycles. The van der Waals surface area contributed by atoms with E-state index in [1.165, 1.54) is 0 Å². The van der Waals surface area contributed by atoms with Crippen molar-refractivity contribution in [3.05, 3.63) is 71.8 Å². The fraction of sp³-hybridized carbons (Fsp3) is 0.409. The zero-order valence-electron chi connectivity index (χ0n) is 14.9. The minimum Gasteiger partial charge on any atom is -0.369 e. The summed E-state index contributed by atoms with van der Waals surface area (Å²) in [5.74, 6) is 0.0877. The summed E-state index contributed by atoms with van der Waals surface area (Å²) in [6.07, 6.45) is 0.0939. The monoisotopic (exact) mass is 352 g/mol. The van der Waals surface area contributed by atoms with Crippen LogP contribution in [-0.4, -0.2) is 30.2 Å². The number of carbonyl (C=O) groups excluding carboxylic acids is 1. The smallest absolute Gasteiger partial charge is 0.135 e. The summed E-state index contributed by atoms with van der Waals surface area (Å²) in [6.45, 7) is 2.66. The van der Waals surface area contributed by atoms with Crippen molar-refractivity contribution >= 4 is 5.78 Å². The summed E-state index contributed by atoms with van der Waals surface area (Å²) in [7, 11) is 0. The number of ketones is 1. The van der Waals surface area contributed by atoms with Crippen molar-refractivity contribution in [2.24, 2.45) is 5.92 Å². The van der Waals surface area contributed by atoms with E-state index in [1.807, 2.05) is 60.7 Å². The molecule has 26 heavy (non-hydrogen) atoms. The second-order valence-electron chi connectivity index (χ2n) is 7.11. The van der Waals surface area contributed by atoms with Crippen molar-refractivity contribution in [2.45, 2.75) is 51.0 Å². The lowest BCUT2D eigenvalue weighted by molar-refractivity contribution is -0.130. The van der Waals surface area contributed by atoms with E-state index in [1.54, 1.807) is 6.92 Å². The Bertz CT molecular complexity index is 730. The van der Waals surface area contributed by atoms with E-state index in [2.05, 4.69) is 0 Å². The van der Waals surface area contributed by atoms with Crippen LogP contribution >= 0.6 is 0 Å². The first-order valence-corrected chi connectivity index (χ1v) is 9.19. The Balaban J connectivity index is 1.45. The summed E-state index contributed by atoms with van der Waals surface area (Å²) in [6, 6.07) is 20.2. The number of carbonyl (C=O) groups is 1. The number of hydrogen-bond acceptors (Lipinski definition) is 4. The van der Waals surface area contributed by atoms with E-state index in [0.717, 1.165) is 17.5 Å². The minimum absolute atomic E-state index is 0.0709. The van der Waals surface area contributed by atoms with E-state index in [9.17, 15) is 4.79 Å². The fourth-order valence-corrected chi connectivity index (χ4v) is 3.98. The highest BCUT2D eigenvalue weighted by molar-refractivity contribution is 5.79. The lowest BCUT2D eigenvalue weighted by Gasteiger charge is -2.31. The number of rotatable bonds is 7. The van der Waals surface area contributed by atoms with Gasteiger partial charge in [0.15, 0.2) is 0 Å². The van der Waals surface area contributed by atoms with Crippen LogP contribution in [0.25, 0.3) is 0 Å². The second kappa shape index (κ2) is 7.70. The van der Waals surface area contributed by atoms with Gasteiger partial charge in [-0.25, -0.2) is 0 Å². The predicted molar refractivity (Wildman–Crippen MR) is 97.5 cm³/mol. The Hall–Kier alpha value is -2.01. The first-order valence-electron chi connectivity index (χ1n) is 9.19. The van der Waals surface area contributed by atoms with Gasteiger partial charge in [-0.15, -0.1) is 0 Å². The summed E-state index contributed by atoms with van der Waals surface area (Å²) < 4.78 is 18.5. The van der Waals surface area contributed by atoms with E-state index in [-0.39, 0.29) is 36.1 Å². The molecule has 2 bridgehead atoms. The molecule has 2 heterocycles. The minimum atomic E-state index is -0.216. The number of ether oxygens (including phenoxy) is 3. The molecule has 2 fully saturated rings. The topological polar surface area (TPSA) is 44.8 Å². The van der Waals surface area contributed by atoms with Gasteiger partial charge in [0.1, 0.15) is 18.0 Å². The lowest BCUT2D eigenvalue weighted by Crippen LogP contribution is -2.46. The average molecular weight is 352 g/mol. The van der Waals surface area contributed by atoms with Crippen LogP contribution in [0.15, 0.2) is 60.7 Å². The maximum Gasteiger partial charge on any atom is 0.135 e. The molecule has 5 atom stereocenters. The molecule has 4 rings (SSSR count). The molecule has 2 aliphatic heterocycles. The van der Waals surface area contributed by atoms with Crippen molar-refractivity contribution in [1.82, 2.24) is 0 Å². The van der Waals surface area contributed by atoms with Crippen molar-refractivity contribution in [1.29, 1.82) is 0 Å². The third-order valence-corrected chi connectivity index (χ3v) is 5.32. The molecule has 4 heteroatoms. The van der Waals surface area contributed by atoms with Crippen LogP contribution in [0, 0.1) is 5.92 Å². The molecular weight excluding hydrogens is 328 g/mol. The SMILES string of the molecule is CC(=O)[C@H]1C[C@H]2O[C@@H]1[C@H](OCc1ccccc1)[C@@H]2OCc1ccccc1. The predicted octanol–water partition coefficient (Wildman–Crippen LogP) is 3.53. The lowest BCUT2D eigenvalue weighted by atomic mass is 9.83. The number of hydrogen-bond donors (Lipinski definition) is 0. The summed E-state index contributed by atoms with van der Waals surface area (Å²) >= 11 is 0. The first kappa shape index (κ1) is 17.4. The number of Topliss-reactive ketones (excluding diaryl/α,β-unsaturated/α-hetero) is 1. The highest BCUT2D eigenvalue weighted by Crippen LogP contribution is 2.43. The summed E-state index contributed by atoms with van der Waals surface area (Å²) in [5, 5.41) is 0. The highest BCUT2D eigenvalue weighted by atomic mass is 16.6. The molecule has 4 nitrogen and oxygen atoms in total. The van der Waals surface area contributed by atoms with Crippen LogP contribution in [0.5, 0.6) is 0 Å². The van der Waals surface area contributed by atoms with Crippen LogP contribution in [0.3, 0.4) is 0 Å². The highest BCUT2D eigenvalue weighted by Gasteiger charge is 2.56. The van der Waals surface area contributed by atoms with Gasteiger partial charge in [-0.05, 0) is 24.5 Å². The summed E-state index contributed by atoms with van der Waals surface area (Å²) in [4.78, 5) is 12.0. The molecule has 2 aliphatic rings. The van der Waals surface area contributed by atoms with Gasteiger partial charge in [0.25, 0.3) is 0 Å². The Labute approximate surface area is 154 Å². The van der Waals surface area contributed by atoms with Crippen LogP contribution in [-0.2, 0) is 32.2 Å². The molecular formula is C22H24O4. The quantitative estimate of drug-likeness (QED) is 0.765.